The van der Waals surface area contributed by atoms with Gasteiger partial charge in [-0.2, -0.15) is 0 Å². The Balaban J connectivity index is 1.77. The summed E-state index contributed by atoms with van der Waals surface area (Å²) in [5, 5.41) is 8.14. The summed E-state index contributed by atoms with van der Waals surface area (Å²) in [5.74, 6) is 0. The SMILES string of the molecule is Cc1cn(Cc2cn(Cc3ccc(Br)cc3)nn2)c(=O)[nH]c1=O. The Hall–Kier alpha value is -2.48. The van der Waals surface area contributed by atoms with Crippen LogP contribution in [0.15, 0.2) is 50.7 Å². The third-order valence-electron chi connectivity index (χ3n) is 3.37. The summed E-state index contributed by atoms with van der Waals surface area (Å²) in [6.07, 6.45) is 3.31. The maximum Gasteiger partial charge on any atom is 0.328 e. The Morgan fingerprint density at radius 2 is 1.87 bits per heavy atom. The molecule has 3 rings (SSSR count). The van der Waals surface area contributed by atoms with E-state index >= 15 is 0 Å². The predicted octanol–water partition coefficient (Wildman–Crippen LogP) is 1.30. The highest BCUT2D eigenvalue weighted by atomic mass is 79.9. The van der Waals surface area contributed by atoms with E-state index in [1.165, 1.54) is 10.8 Å². The molecule has 2 heterocycles. The smallest absolute Gasteiger partial charge is 0.294 e. The monoisotopic (exact) mass is 375 g/mol. The van der Waals surface area contributed by atoms with Gasteiger partial charge in [0.2, 0.25) is 0 Å². The molecule has 0 atom stereocenters. The Bertz CT molecular complexity index is 939. The van der Waals surface area contributed by atoms with Gasteiger partial charge in [-0.3, -0.25) is 14.3 Å². The van der Waals surface area contributed by atoms with Gasteiger partial charge in [0.05, 0.1) is 19.3 Å². The minimum absolute atomic E-state index is 0.261. The molecule has 0 saturated carbocycles. The Morgan fingerprint density at radius 1 is 1.13 bits per heavy atom. The molecule has 0 aliphatic rings. The van der Waals surface area contributed by atoms with Gasteiger partial charge < -0.3 is 0 Å². The van der Waals surface area contributed by atoms with Gasteiger partial charge in [-0.05, 0) is 24.6 Å². The summed E-state index contributed by atoms with van der Waals surface area (Å²) in [4.78, 5) is 25.4. The first-order chi connectivity index (χ1) is 11.0. The van der Waals surface area contributed by atoms with Crippen molar-refractivity contribution in [3.63, 3.8) is 0 Å². The van der Waals surface area contributed by atoms with Crippen LogP contribution in [0, 0.1) is 6.92 Å². The number of aromatic amines is 1. The second kappa shape index (κ2) is 6.33. The highest BCUT2D eigenvalue weighted by Gasteiger charge is 2.06. The highest BCUT2D eigenvalue weighted by molar-refractivity contribution is 9.10. The molecule has 0 aliphatic heterocycles. The molecule has 2 aromatic heterocycles. The fraction of sp³-hybridized carbons (Fsp3) is 0.200. The van der Waals surface area contributed by atoms with E-state index < -0.39 is 5.69 Å². The van der Waals surface area contributed by atoms with Crippen molar-refractivity contribution in [3.05, 3.63) is 78.8 Å². The average Bonchev–Trinajstić information content (AvgIpc) is 2.94. The van der Waals surface area contributed by atoms with E-state index in [1.54, 1.807) is 17.8 Å². The summed E-state index contributed by atoms with van der Waals surface area (Å²) in [6.45, 7) is 2.51. The maximum atomic E-state index is 11.8. The molecule has 0 unspecified atom stereocenters. The van der Waals surface area contributed by atoms with E-state index in [1.807, 2.05) is 24.3 Å². The van der Waals surface area contributed by atoms with Crippen molar-refractivity contribution >= 4 is 15.9 Å². The molecule has 0 saturated heterocycles. The second-order valence-corrected chi connectivity index (χ2v) is 6.15. The standard InChI is InChI=1S/C15H14BrN5O2/c1-10-6-20(15(23)17-14(10)22)8-13-9-21(19-18-13)7-11-2-4-12(16)5-3-11/h2-6,9H,7-8H2,1H3,(H,17,22,23). The number of benzene rings is 1. The fourth-order valence-electron chi connectivity index (χ4n) is 2.18. The summed E-state index contributed by atoms with van der Waals surface area (Å²) >= 11 is 3.40. The highest BCUT2D eigenvalue weighted by Crippen LogP contribution is 2.11. The minimum atomic E-state index is -0.456. The van der Waals surface area contributed by atoms with Crippen molar-refractivity contribution in [2.45, 2.75) is 20.0 Å². The molecule has 0 fully saturated rings. The van der Waals surface area contributed by atoms with Crippen molar-refractivity contribution in [2.75, 3.05) is 0 Å². The van der Waals surface area contributed by atoms with Crippen molar-refractivity contribution in [1.29, 1.82) is 0 Å². The van der Waals surface area contributed by atoms with Crippen LogP contribution >= 0.6 is 15.9 Å². The van der Waals surface area contributed by atoms with Gasteiger partial charge in [0.15, 0.2) is 0 Å². The largest absolute Gasteiger partial charge is 0.328 e. The lowest BCUT2D eigenvalue weighted by Gasteiger charge is -2.03. The number of nitrogens with zero attached hydrogens (tertiary/aromatic N) is 4. The third-order valence-corrected chi connectivity index (χ3v) is 3.89. The van der Waals surface area contributed by atoms with E-state index in [0.29, 0.717) is 17.8 Å². The summed E-state index contributed by atoms with van der Waals surface area (Å²) in [6, 6.07) is 7.94. The molecule has 23 heavy (non-hydrogen) atoms. The van der Waals surface area contributed by atoms with Gasteiger partial charge in [0, 0.05) is 16.2 Å². The van der Waals surface area contributed by atoms with Crippen LogP contribution in [-0.4, -0.2) is 24.5 Å². The molecular weight excluding hydrogens is 362 g/mol. The third kappa shape index (κ3) is 3.65. The normalized spacial score (nSPS) is 10.9. The van der Waals surface area contributed by atoms with Gasteiger partial charge in [0.25, 0.3) is 5.56 Å². The average molecular weight is 376 g/mol. The lowest BCUT2D eigenvalue weighted by atomic mass is 10.2. The van der Waals surface area contributed by atoms with Crippen molar-refractivity contribution in [1.82, 2.24) is 24.5 Å². The number of rotatable bonds is 4. The molecule has 0 spiro atoms. The first-order valence-corrected chi connectivity index (χ1v) is 7.74. The van der Waals surface area contributed by atoms with Crippen LogP contribution < -0.4 is 11.2 Å². The first kappa shape index (κ1) is 15.4. The summed E-state index contributed by atoms with van der Waals surface area (Å²) in [5.41, 5.74) is 1.40. The molecule has 118 valence electrons. The number of halogens is 1. The molecule has 3 aromatic rings. The summed E-state index contributed by atoms with van der Waals surface area (Å²) in [7, 11) is 0. The Labute approximate surface area is 139 Å². The zero-order valence-corrected chi connectivity index (χ0v) is 13.9. The van der Waals surface area contributed by atoms with Gasteiger partial charge in [0.1, 0.15) is 5.69 Å². The van der Waals surface area contributed by atoms with E-state index in [-0.39, 0.29) is 12.1 Å². The van der Waals surface area contributed by atoms with Crippen LogP contribution in [0.4, 0.5) is 0 Å². The molecule has 1 N–H and O–H groups in total. The number of H-pyrrole nitrogens is 1. The zero-order valence-electron chi connectivity index (χ0n) is 12.4. The van der Waals surface area contributed by atoms with Gasteiger partial charge in [-0.25, -0.2) is 9.48 Å². The van der Waals surface area contributed by atoms with Gasteiger partial charge in [-0.1, -0.05) is 33.3 Å². The van der Waals surface area contributed by atoms with E-state index in [4.69, 9.17) is 0 Å². The summed E-state index contributed by atoms with van der Waals surface area (Å²) < 4.78 is 4.14. The number of hydrogen-bond donors (Lipinski definition) is 1. The molecule has 7 nitrogen and oxygen atoms in total. The lowest BCUT2D eigenvalue weighted by Crippen LogP contribution is -2.31. The number of aryl methyl sites for hydroxylation is 1. The van der Waals surface area contributed by atoms with Crippen LogP contribution in [0.1, 0.15) is 16.8 Å². The lowest BCUT2D eigenvalue weighted by molar-refractivity contribution is 0.647. The number of hydrogen-bond acceptors (Lipinski definition) is 4. The molecule has 0 aliphatic carbocycles. The molecule has 8 heteroatoms. The van der Waals surface area contributed by atoms with Gasteiger partial charge >= 0.3 is 5.69 Å². The molecule has 0 amide bonds. The maximum absolute atomic E-state index is 11.8. The molecule has 0 radical (unpaired) electrons. The predicted molar refractivity (Wildman–Crippen MR) is 88.4 cm³/mol. The van der Waals surface area contributed by atoms with E-state index in [2.05, 4.69) is 31.2 Å². The van der Waals surface area contributed by atoms with Crippen LogP contribution in [-0.2, 0) is 13.1 Å². The topological polar surface area (TPSA) is 85.6 Å². The van der Waals surface area contributed by atoms with Crippen molar-refractivity contribution < 1.29 is 0 Å². The second-order valence-electron chi connectivity index (χ2n) is 5.23. The minimum Gasteiger partial charge on any atom is -0.294 e. The van der Waals surface area contributed by atoms with E-state index in [9.17, 15) is 9.59 Å². The van der Waals surface area contributed by atoms with Crippen LogP contribution in [0.25, 0.3) is 0 Å². The Kier molecular flexibility index (Phi) is 4.24. The quantitative estimate of drug-likeness (QED) is 0.744. The first-order valence-electron chi connectivity index (χ1n) is 6.95. The molecular formula is C15H14BrN5O2. The Morgan fingerprint density at radius 3 is 2.61 bits per heavy atom. The van der Waals surface area contributed by atoms with Crippen LogP contribution in [0.3, 0.4) is 0 Å². The number of aromatic nitrogens is 5. The van der Waals surface area contributed by atoms with Crippen molar-refractivity contribution in [3.8, 4) is 0 Å². The molecule has 1 aromatic carbocycles. The molecule has 0 bridgehead atoms. The van der Waals surface area contributed by atoms with E-state index in [0.717, 1.165) is 10.0 Å². The van der Waals surface area contributed by atoms with Gasteiger partial charge in [-0.15, -0.1) is 5.10 Å². The van der Waals surface area contributed by atoms with Crippen LogP contribution in [0.2, 0.25) is 0 Å². The zero-order chi connectivity index (χ0) is 16.4. The van der Waals surface area contributed by atoms with Crippen LogP contribution in [0.5, 0.6) is 0 Å². The number of nitrogens with one attached hydrogen (secondary N) is 1. The fourth-order valence-corrected chi connectivity index (χ4v) is 2.44. The van der Waals surface area contributed by atoms with Crippen molar-refractivity contribution in [2.24, 2.45) is 0 Å².